The molecule has 4 nitrogen and oxygen atoms in total. The first-order valence-corrected chi connectivity index (χ1v) is 4.51. The molecule has 70 valence electrons. The number of nitrogens with one attached hydrogen (secondary N) is 2. The van der Waals surface area contributed by atoms with Gasteiger partial charge in [0.15, 0.2) is 0 Å². The molecule has 1 fully saturated rings. The minimum atomic E-state index is 0.0983. The van der Waals surface area contributed by atoms with E-state index in [1.54, 1.807) is 4.68 Å². The summed E-state index contributed by atoms with van der Waals surface area (Å²) in [6.45, 7) is 1.75. The first-order valence-electron chi connectivity index (χ1n) is 4.51. The fourth-order valence-electron chi connectivity index (χ4n) is 1.51. The Balaban J connectivity index is 1.91. The number of aromatic nitrogens is 1. The molecule has 0 bridgehead atoms. The van der Waals surface area contributed by atoms with Crippen LogP contribution < -0.4 is 10.7 Å². The molecule has 0 aromatic carbocycles. The van der Waals surface area contributed by atoms with E-state index < -0.39 is 0 Å². The van der Waals surface area contributed by atoms with Gasteiger partial charge >= 0.3 is 0 Å². The Labute approximate surface area is 76.9 Å². The molecule has 1 amide bonds. The number of nitrogens with zero attached hydrogens (tertiary/aromatic N) is 1. The molecule has 1 aromatic rings. The molecule has 0 spiro atoms. The Morgan fingerprint density at radius 3 is 2.85 bits per heavy atom. The number of hydrogen-bond donors (Lipinski definition) is 2. The summed E-state index contributed by atoms with van der Waals surface area (Å²) in [5.74, 6) is 0.226. The predicted molar refractivity (Wildman–Crippen MR) is 49.8 cm³/mol. The lowest BCUT2D eigenvalue weighted by atomic mass is 10.1. The molecule has 13 heavy (non-hydrogen) atoms. The number of carbonyl (C=O) groups is 1. The second-order valence-electron chi connectivity index (χ2n) is 3.26. The van der Waals surface area contributed by atoms with Gasteiger partial charge in [0.2, 0.25) is 5.91 Å². The quantitative estimate of drug-likeness (QED) is 0.679. The summed E-state index contributed by atoms with van der Waals surface area (Å²) in [5, 5.41) is 3.16. The van der Waals surface area contributed by atoms with E-state index in [2.05, 4.69) is 10.7 Å². The largest absolute Gasteiger partial charge is 0.316 e. The molecule has 0 saturated carbocycles. The smallest absolute Gasteiger partial charge is 0.243 e. The van der Waals surface area contributed by atoms with Crippen molar-refractivity contribution in [2.45, 2.75) is 6.42 Å². The lowest BCUT2D eigenvalue weighted by Crippen LogP contribution is -2.29. The number of rotatable bonds is 2. The van der Waals surface area contributed by atoms with Gasteiger partial charge < -0.3 is 5.32 Å². The van der Waals surface area contributed by atoms with E-state index in [-0.39, 0.29) is 11.8 Å². The predicted octanol–water partition coefficient (Wildman–Crippen LogP) is 0.168. The summed E-state index contributed by atoms with van der Waals surface area (Å²) >= 11 is 0. The molecule has 1 aliphatic heterocycles. The molecule has 4 heteroatoms. The number of amides is 1. The molecule has 1 aliphatic rings. The highest BCUT2D eigenvalue weighted by Crippen LogP contribution is 2.07. The van der Waals surface area contributed by atoms with Crippen LogP contribution in [-0.2, 0) is 4.79 Å². The van der Waals surface area contributed by atoms with Gasteiger partial charge in [0.1, 0.15) is 0 Å². The van der Waals surface area contributed by atoms with Crippen LogP contribution in [0.15, 0.2) is 24.5 Å². The van der Waals surface area contributed by atoms with Crippen molar-refractivity contribution < 1.29 is 4.79 Å². The summed E-state index contributed by atoms with van der Waals surface area (Å²) in [6.07, 6.45) is 4.58. The standard InChI is InChI=1S/C9H13N3O/c13-9(8-3-4-10-7-8)11-12-5-1-2-6-12/h1-2,5-6,8,10H,3-4,7H2,(H,11,13). The SMILES string of the molecule is O=C(Nn1cccc1)C1CCNC1. The molecular formula is C9H13N3O. The van der Waals surface area contributed by atoms with E-state index in [1.165, 1.54) is 0 Å². The van der Waals surface area contributed by atoms with Crippen molar-refractivity contribution in [2.75, 3.05) is 18.5 Å². The Morgan fingerprint density at radius 1 is 1.46 bits per heavy atom. The van der Waals surface area contributed by atoms with Crippen LogP contribution >= 0.6 is 0 Å². The molecule has 0 aliphatic carbocycles. The molecule has 2 heterocycles. The third-order valence-electron chi connectivity index (χ3n) is 2.27. The number of carbonyl (C=O) groups excluding carboxylic acids is 1. The highest BCUT2D eigenvalue weighted by atomic mass is 16.2. The zero-order valence-electron chi connectivity index (χ0n) is 7.36. The van der Waals surface area contributed by atoms with Crippen LogP contribution in [0.4, 0.5) is 0 Å². The first kappa shape index (κ1) is 8.31. The third-order valence-corrected chi connectivity index (χ3v) is 2.27. The van der Waals surface area contributed by atoms with Gasteiger partial charge in [-0.25, -0.2) is 0 Å². The fraction of sp³-hybridized carbons (Fsp3) is 0.444. The Morgan fingerprint density at radius 2 is 2.23 bits per heavy atom. The average molecular weight is 179 g/mol. The summed E-state index contributed by atoms with van der Waals surface area (Å²) < 4.78 is 1.68. The van der Waals surface area contributed by atoms with Gasteiger partial charge in [-0.05, 0) is 25.1 Å². The highest BCUT2D eigenvalue weighted by Gasteiger charge is 2.21. The van der Waals surface area contributed by atoms with Crippen molar-refractivity contribution in [3.8, 4) is 0 Å². The van der Waals surface area contributed by atoms with Gasteiger partial charge in [0, 0.05) is 18.9 Å². The van der Waals surface area contributed by atoms with Gasteiger partial charge in [-0.2, -0.15) is 0 Å². The summed E-state index contributed by atoms with van der Waals surface area (Å²) in [6, 6.07) is 3.76. The van der Waals surface area contributed by atoms with E-state index in [1.807, 2.05) is 24.5 Å². The minimum Gasteiger partial charge on any atom is -0.316 e. The second-order valence-corrected chi connectivity index (χ2v) is 3.26. The van der Waals surface area contributed by atoms with Crippen molar-refractivity contribution in [1.29, 1.82) is 0 Å². The van der Waals surface area contributed by atoms with Crippen LogP contribution in [0.25, 0.3) is 0 Å². The topological polar surface area (TPSA) is 46.1 Å². The zero-order valence-corrected chi connectivity index (χ0v) is 7.36. The molecule has 1 unspecified atom stereocenters. The van der Waals surface area contributed by atoms with Crippen LogP contribution in [0.2, 0.25) is 0 Å². The van der Waals surface area contributed by atoms with Crippen molar-refractivity contribution >= 4 is 5.91 Å². The van der Waals surface area contributed by atoms with Gasteiger partial charge in [0.25, 0.3) is 0 Å². The molecule has 1 aromatic heterocycles. The van der Waals surface area contributed by atoms with E-state index in [4.69, 9.17) is 0 Å². The maximum absolute atomic E-state index is 11.5. The van der Waals surface area contributed by atoms with Gasteiger partial charge in [-0.3, -0.25) is 14.9 Å². The van der Waals surface area contributed by atoms with Gasteiger partial charge in [0.05, 0.1) is 5.92 Å². The monoisotopic (exact) mass is 179 g/mol. The van der Waals surface area contributed by atoms with E-state index in [0.717, 1.165) is 19.5 Å². The normalized spacial score (nSPS) is 21.7. The zero-order chi connectivity index (χ0) is 9.10. The van der Waals surface area contributed by atoms with Crippen molar-refractivity contribution in [3.05, 3.63) is 24.5 Å². The van der Waals surface area contributed by atoms with Crippen molar-refractivity contribution in [3.63, 3.8) is 0 Å². The maximum Gasteiger partial charge on any atom is 0.243 e. The second kappa shape index (κ2) is 3.62. The molecule has 1 saturated heterocycles. The Bertz CT molecular complexity index is 275. The molecule has 2 N–H and O–H groups in total. The third kappa shape index (κ3) is 1.89. The van der Waals surface area contributed by atoms with E-state index in [0.29, 0.717) is 0 Å². The average Bonchev–Trinajstić information content (AvgIpc) is 2.74. The lowest BCUT2D eigenvalue weighted by Gasteiger charge is -2.09. The molecule has 2 rings (SSSR count). The Kier molecular flexibility index (Phi) is 2.31. The Hall–Kier alpha value is -1.29. The van der Waals surface area contributed by atoms with E-state index in [9.17, 15) is 4.79 Å². The van der Waals surface area contributed by atoms with Crippen molar-refractivity contribution in [2.24, 2.45) is 5.92 Å². The summed E-state index contributed by atoms with van der Waals surface area (Å²) in [4.78, 5) is 11.5. The highest BCUT2D eigenvalue weighted by molar-refractivity contribution is 5.86. The molecular weight excluding hydrogens is 166 g/mol. The van der Waals surface area contributed by atoms with Gasteiger partial charge in [-0.1, -0.05) is 0 Å². The number of hydrogen-bond acceptors (Lipinski definition) is 2. The van der Waals surface area contributed by atoms with Crippen LogP contribution in [0, 0.1) is 5.92 Å². The first-order chi connectivity index (χ1) is 6.36. The van der Waals surface area contributed by atoms with Crippen LogP contribution in [0.5, 0.6) is 0 Å². The van der Waals surface area contributed by atoms with Crippen molar-refractivity contribution in [1.82, 2.24) is 9.99 Å². The van der Waals surface area contributed by atoms with Crippen LogP contribution in [-0.4, -0.2) is 23.7 Å². The summed E-state index contributed by atoms with van der Waals surface area (Å²) in [5.41, 5.74) is 2.80. The fourth-order valence-corrected chi connectivity index (χ4v) is 1.51. The maximum atomic E-state index is 11.5. The molecule has 1 atom stereocenters. The molecule has 0 radical (unpaired) electrons. The minimum absolute atomic E-state index is 0.0983. The van der Waals surface area contributed by atoms with Crippen LogP contribution in [0.1, 0.15) is 6.42 Å². The van der Waals surface area contributed by atoms with E-state index >= 15 is 0 Å². The summed E-state index contributed by atoms with van der Waals surface area (Å²) in [7, 11) is 0. The lowest BCUT2D eigenvalue weighted by molar-refractivity contribution is -0.120. The van der Waals surface area contributed by atoms with Gasteiger partial charge in [-0.15, -0.1) is 0 Å². The van der Waals surface area contributed by atoms with Crippen LogP contribution in [0.3, 0.4) is 0 Å².